The first-order valence-corrected chi connectivity index (χ1v) is 6.33. The molecule has 0 aliphatic heterocycles. The van der Waals surface area contributed by atoms with Crippen LogP contribution in [0.1, 0.15) is 30.3 Å². The Morgan fingerprint density at radius 2 is 2.39 bits per heavy atom. The van der Waals surface area contributed by atoms with Crippen molar-refractivity contribution in [1.82, 2.24) is 4.98 Å². The zero-order valence-corrected chi connectivity index (χ0v) is 10.8. The average Bonchev–Trinajstić information content (AvgIpc) is 2.37. The molecule has 0 spiro atoms. The number of methoxy groups -OCH3 is 1. The summed E-state index contributed by atoms with van der Waals surface area (Å²) in [5, 5.41) is 9.03. The van der Waals surface area contributed by atoms with Gasteiger partial charge < -0.3 is 9.84 Å². The summed E-state index contributed by atoms with van der Waals surface area (Å²) in [6.07, 6.45) is 3.02. The van der Waals surface area contributed by atoms with Crippen molar-refractivity contribution in [2.75, 3.05) is 7.11 Å². The molecule has 2 rings (SSSR count). The number of rotatable bonds is 4. The lowest BCUT2D eigenvalue weighted by atomic mass is 9.86. The van der Waals surface area contributed by atoms with Crippen molar-refractivity contribution in [2.45, 2.75) is 38.7 Å². The first-order valence-electron chi connectivity index (χ1n) is 6.33. The number of aliphatic carboxylic acids is 1. The number of carboxylic acid groups (broad SMARTS) is 1. The lowest BCUT2D eigenvalue weighted by Gasteiger charge is -2.21. The molecular formula is C14H19NO3. The van der Waals surface area contributed by atoms with Crippen molar-refractivity contribution in [3.8, 4) is 0 Å². The number of hydrogen-bond acceptors (Lipinski definition) is 3. The summed E-state index contributed by atoms with van der Waals surface area (Å²) in [5.74, 6) is -0.944. The van der Waals surface area contributed by atoms with Crippen LogP contribution in [0.2, 0.25) is 0 Å². The predicted octanol–water partition coefficient (Wildman–Crippen LogP) is 1.85. The number of nitrogens with zero attached hydrogens (tertiary/aromatic N) is 1. The molecule has 1 aromatic heterocycles. The van der Waals surface area contributed by atoms with E-state index in [0.29, 0.717) is 12.8 Å². The van der Waals surface area contributed by atoms with E-state index in [0.717, 1.165) is 29.8 Å². The Hall–Kier alpha value is -1.42. The van der Waals surface area contributed by atoms with Gasteiger partial charge in [0.15, 0.2) is 0 Å². The van der Waals surface area contributed by atoms with Crippen molar-refractivity contribution in [3.05, 3.63) is 29.1 Å². The lowest BCUT2D eigenvalue weighted by Crippen LogP contribution is -2.23. The van der Waals surface area contributed by atoms with Crippen LogP contribution >= 0.6 is 0 Å². The number of aryl methyl sites for hydroxylation is 1. The molecule has 0 saturated heterocycles. The van der Waals surface area contributed by atoms with E-state index in [2.05, 4.69) is 4.98 Å². The van der Waals surface area contributed by atoms with Crippen molar-refractivity contribution in [1.29, 1.82) is 0 Å². The van der Waals surface area contributed by atoms with E-state index in [1.807, 2.05) is 19.1 Å². The molecule has 1 aromatic rings. The summed E-state index contributed by atoms with van der Waals surface area (Å²) >= 11 is 0. The van der Waals surface area contributed by atoms with Crippen LogP contribution in [-0.4, -0.2) is 29.3 Å². The smallest absolute Gasteiger partial charge is 0.306 e. The van der Waals surface area contributed by atoms with Crippen LogP contribution in [0.3, 0.4) is 0 Å². The van der Waals surface area contributed by atoms with Crippen molar-refractivity contribution in [3.63, 3.8) is 0 Å². The Morgan fingerprint density at radius 3 is 3.06 bits per heavy atom. The Morgan fingerprint density at radius 1 is 1.61 bits per heavy atom. The minimum Gasteiger partial charge on any atom is -0.481 e. The first kappa shape index (κ1) is 13.0. The molecule has 98 valence electrons. The van der Waals surface area contributed by atoms with Crippen LogP contribution in [0.5, 0.6) is 0 Å². The van der Waals surface area contributed by atoms with Gasteiger partial charge in [0.1, 0.15) is 0 Å². The largest absolute Gasteiger partial charge is 0.481 e. The van der Waals surface area contributed by atoms with Gasteiger partial charge in [-0.2, -0.15) is 0 Å². The first-order chi connectivity index (χ1) is 8.60. The number of carboxylic acids is 1. The second kappa shape index (κ2) is 5.48. The maximum atomic E-state index is 11.0. The summed E-state index contributed by atoms with van der Waals surface area (Å²) in [5.41, 5.74) is 3.17. The van der Waals surface area contributed by atoms with Crippen LogP contribution < -0.4 is 0 Å². The predicted molar refractivity (Wildman–Crippen MR) is 67.6 cm³/mol. The number of aromatic nitrogens is 1. The molecule has 1 heterocycles. The van der Waals surface area contributed by atoms with Gasteiger partial charge in [-0.25, -0.2) is 0 Å². The monoisotopic (exact) mass is 249 g/mol. The van der Waals surface area contributed by atoms with E-state index in [1.54, 1.807) is 7.11 Å². The second-order valence-electron chi connectivity index (χ2n) is 4.94. The highest BCUT2D eigenvalue weighted by Crippen LogP contribution is 2.25. The molecule has 1 aliphatic carbocycles. The third-order valence-electron chi connectivity index (χ3n) is 3.57. The van der Waals surface area contributed by atoms with E-state index < -0.39 is 5.97 Å². The van der Waals surface area contributed by atoms with Crippen LogP contribution in [0, 0.1) is 5.92 Å². The fourth-order valence-electron chi connectivity index (χ4n) is 2.36. The van der Waals surface area contributed by atoms with Gasteiger partial charge in [-0.15, -0.1) is 0 Å². The molecule has 1 aliphatic rings. The minimum absolute atomic E-state index is 0.158. The Kier molecular flexibility index (Phi) is 3.97. The third kappa shape index (κ3) is 2.88. The van der Waals surface area contributed by atoms with Crippen molar-refractivity contribution in [2.24, 2.45) is 5.92 Å². The molecule has 0 fully saturated rings. The highest BCUT2D eigenvalue weighted by atomic mass is 16.5. The van der Waals surface area contributed by atoms with Gasteiger partial charge in [0.05, 0.1) is 12.0 Å². The van der Waals surface area contributed by atoms with E-state index in [4.69, 9.17) is 9.84 Å². The lowest BCUT2D eigenvalue weighted by molar-refractivity contribution is -0.142. The number of ether oxygens (including phenoxy) is 1. The molecule has 4 nitrogen and oxygen atoms in total. The normalized spacial score (nSPS) is 20.2. The molecule has 0 radical (unpaired) electrons. The Balaban J connectivity index is 2.12. The van der Waals surface area contributed by atoms with Gasteiger partial charge in [0.2, 0.25) is 0 Å². The van der Waals surface area contributed by atoms with Crippen molar-refractivity contribution < 1.29 is 14.6 Å². The summed E-state index contributed by atoms with van der Waals surface area (Å²) in [7, 11) is 1.69. The number of fused-ring (bicyclic) bond motifs is 1. The highest BCUT2D eigenvalue weighted by molar-refractivity contribution is 5.70. The zero-order chi connectivity index (χ0) is 13.1. The molecule has 1 N–H and O–H groups in total. The SMILES string of the molecule is COC(C)Cc1ccc2c(n1)CC[C@H](C(=O)O)C2. The number of hydrogen-bond donors (Lipinski definition) is 1. The number of pyridine rings is 1. The van der Waals surface area contributed by atoms with Crippen LogP contribution in [0.15, 0.2) is 12.1 Å². The van der Waals surface area contributed by atoms with Gasteiger partial charge in [0, 0.05) is 24.9 Å². The quantitative estimate of drug-likeness (QED) is 0.884. The van der Waals surface area contributed by atoms with Gasteiger partial charge >= 0.3 is 5.97 Å². The highest BCUT2D eigenvalue weighted by Gasteiger charge is 2.25. The van der Waals surface area contributed by atoms with Crippen molar-refractivity contribution >= 4 is 5.97 Å². The molecule has 0 aromatic carbocycles. The van der Waals surface area contributed by atoms with Gasteiger partial charge in [-0.3, -0.25) is 9.78 Å². The Bertz CT molecular complexity index is 445. The molecule has 1 unspecified atom stereocenters. The van der Waals surface area contributed by atoms with Gasteiger partial charge in [-0.05, 0) is 37.8 Å². The summed E-state index contributed by atoms with van der Waals surface area (Å²) in [4.78, 5) is 15.6. The molecule has 0 saturated carbocycles. The molecule has 4 heteroatoms. The molecule has 0 bridgehead atoms. The number of carbonyl (C=O) groups is 1. The second-order valence-corrected chi connectivity index (χ2v) is 4.94. The molecule has 18 heavy (non-hydrogen) atoms. The fourth-order valence-corrected chi connectivity index (χ4v) is 2.36. The van der Waals surface area contributed by atoms with Crippen LogP contribution in [0.25, 0.3) is 0 Å². The summed E-state index contributed by atoms with van der Waals surface area (Å²) in [6.45, 7) is 2.02. The maximum absolute atomic E-state index is 11.0. The average molecular weight is 249 g/mol. The zero-order valence-electron chi connectivity index (χ0n) is 10.8. The van der Waals surface area contributed by atoms with Gasteiger partial charge in [-0.1, -0.05) is 6.07 Å². The fraction of sp³-hybridized carbons (Fsp3) is 0.571. The van der Waals surface area contributed by atoms with E-state index in [1.165, 1.54) is 0 Å². The van der Waals surface area contributed by atoms with E-state index >= 15 is 0 Å². The minimum atomic E-state index is -0.697. The van der Waals surface area contributed by atoms with Crippen LogP contribution in [0.4, 0.5) is 0 Å². The summed E-state index contributed by atoms with van der Waals surface area (Å²) < 4.78 is 5.23. The van der Waals surface area contributed by atoms with Crippen LogP contribution in [-0.2, 0) is 28.8 Å². The molecular weight excluding hydrogens is 230 g/mol. The Labute approximate surface area is 107 Å². The molecule has 2 atom stereocenters. The van der Waals surface area contributed by atoms with Gasteiger partial charge in [0.25, 0.3) is 0 Å². The van der Waals surface area contributed by atoms with E-state index in [9.17, 15) is 4.79 Å². The maximum Gasteiger partial charge on any atom is 0.306 e. The molecule has 0 amide bonds. The topological polar surface area (TPSA) is 59.4 Å². The summed E-state index contributed by atoms with van der Waals surface area (Å²) in [6, 6.07) is 4.01. The third-order valence-corrected chi connectivity index (χ3v) is 3.57. The standard InChI is InChI=1S/C14H19NO3/c1-9(18-2)7-12-5-3-10-8-11(14(16)17)4-6-13(10)15-12/h3,5,9,11H,4,6-8H2,1-2H3,(H,16,17)/t9?,11-/m0/s1. The van der Waals surface area contributed by atoms with E-state index in [-0.39, 0.29) is 12.0 Å².